The molecule has 0 saturated heterocycles. The first-order valence-corrected chi connectivity index (χ1v) is 16.1. The Bertz CT molecular complexity index is 1760. The third-order valence-corrected chi connectivity index (χ3v) is 7.26. The van der Waals surface area contributed by atoms with E-state index in [9.17, 15) is 28.8 Å². The Balaban J connectivity index is 2.12. The summed E-state index contributed by atoms with van der Waals surface area (Å²) in [5.41, 5.74) is 1.64. The molecule has 51 heavy (non-hydrogen) atoms. The maximum Gasteiger partial charge on any atom is 0.408 e. The number of esters is 3. The molecule has 0 unspecified atom stereocenters. The second kappa shape index (κ2) is 17.8. The van der Waals surface area contributed by atoms with Crippen molar-refractivity contribution >= 4 is 35.7 Å². The van der Waals surface area contributed by atoms with Crippen LogP contribution in [0.25, 0.3) is 11.1 Å². The smallest absolute Gasteiger partial charge is 0.408 e. The van der Waals surface area contributed by atoms with Crippen LogP contribution in [0.1, 0.15) is 68.6 Å². The van der Waals surface area contributed by atoms with Crippen LogP contribution < -0.4 is 20.1 Å². The zero-order valence-corrected chi connectivity index (χ0v) is 30.0. The minimum atomic E-state index is -1.20. The quantitative estimate of drug-likeness (QED) is 0.101. The largest absolute Gasteiger partial charge is 0.495 e. The van der Waals surface area contributed by atoms with Crippen LogP contribution in [0.2, 0.25) is 0 Å². The standard InChI is InChI=1S/C38H44N2O11/c1-22(41)28-17-27(20-31(35(44)48-8)40-37(46)51-38(4,5)6)18-30(34(28)47-7)29-16-26(14-15-33(29)50-24(3)43)19-32(39-23(2)42)36(45)49-21-25-12-10-9-11-13-25/h9-18,31-32H,19-21H2,1-8H3,(H,39,42)(H,40,46)/t31-,32-/m0/s1. The Labute approximate surface area is 296 Å². The first-order valence-electron chi connectivity index (χ1n) is 16.1. The molecule has 0 saturated carbocycles. The highest BCUT2D eigenvalue weighted by Crippen LogP contribution is 2.41. The Morgan fingerprint density at radius 1 is 0.725 bits per heavy atom. The first-order chi connectivity index (χ1) is 24.0. The van der Waals surface area contributed by atoms with Gasteiger partial charge in [-0.1, -0.05) is 36.4 Å². The van der Waals surface area contributed by atoms with Gasteiger partial charge in [0.15, 0.2) is 5.78 Å². The third-order valence-electron chi connectivity index (χ3n) is 7.26. The monoisotopic (exact) mass is 704 g/mol. The van der Waals surface area contributed by atoms with Gasteiger partial charge >= 0.3 is 24.0 Å². The van der Waals surface area contributed by atoms with Crippen LogP contribution in [0, 0.1) is 0 Å². The van der Waals surface area contributed by atoms with Crippen molar-refractivity contribution in [2.75, 3.05) is 14.2 Å². The molecular weight excluding hydrogens is 660 g/mol. The highest BCUT2D eigenvalue weighted by molar-refractivity contribution is 6.00. The number of hydrogen-bond donors (Lipinski definition) is 2. The third kappa shape index (κ3) is 12.0. The fraction of sp³-hybridized carbons (Fsp3) is 0.368. The molecule has 0 bridgehead atoms. The van der Waals surface area contributed by atoms with Crippen LogP contribution in [-0.2, 0) is 52.8 Å². The number of carbonyl (C=O) groups excluding carboxylic acids is 6. The lowest BCUT2D eigenvalue weighted by atomic mass is 9.91. The number of nitrogens with one attached hydrogen (secondary N) is 2. The molecular formula is C38H44N2O11. The normalized spacial score (nSPS) is 12.1. The van der Waals surface area contributed by atoms with Gasteiger partial charge in [-0.2, -0.15) is 0 Å². The summed E-state index contributed by atoms with van der Waals surface area (Å²) in [5.74, 6) is -2.62. The van der Waals surface area contributed by atoms with Gasteiger partial charge in [0, 0.05) is 37.8 Å². The van der Waals surface area contributed by atoms with Gasteiger partial charge < -0.3 is 34.3 Å². The molecule has 0 aliphatic heterocycles. The lowest BCUT2D eigenvalue weighted by molar-refractivity contribution is -0.149. The van der Waals surface area contributed by atoms with Crippen LogP contribution in [0.15, 0.2) is 60.7 Å². The summed E-state index contributed by atoms with van der Waals surface area (Å²) in [6.45, 7) is 8.88. The molecule has 3 aromatic carbocycles. The van der Waals surface area contributed by atoms with Crippen LogP contribution >= 0.6 is 0 Å². The SMILES string of the molecule is COC(=O)[C@H](Cc1cc(C(C)=O)c(OC)c(-c2cc(C[C@H](NC(C)=O)C(=O)OCc3ccccc3)ccc2OC(C)=O)c1)NC(=O)OC(C)(C)C. The summed E-state index contributed by atoms with van der Waals surface area (Å²) in [5, 5.41) is 5.16. The molecule has 13 heteroatoms. The number of carbonyl (C=O) groups is 6. The van der Waals surface area contributed by atoms with Crippen LogP contribution in [-0.4, -0.2) is 67.6 Å². The van der Waals surface area contributed by atoms with Gasteiger partial charge in [0.2, 0.25) is 5.91 Å². The number of rotatable bonds is 14. The first kappa shape index (κ1) is 39.7. The van der Waals surface area contributed by atoms with Gasteiger partial charge in [0.05, 0.1) is 19.8 Å². The molecule has 0 aromatic heterocycles. The minimum absolute atomic E-state index is 0.000432. The summed E-state index contributed by atoms with van der Waals surface area (Å²) in [6, 6.07) is 14.7. The molecule has 2 atom stereocenters. The fourth-order valence-electron chi connectivity index (χ4n) is 5.17. The highest BCUT2D eigenvalue weighted by Gasteiger charge is 2.28. The number of Topliss-reactive ketones (excluding diaryl/α,β-unsaturated/α-hetero) is 1. The zero-order valence-electron chi connectivity index (χ0n) is 30.0. The number of ether oxygens (including phenoxy) is 5. The van der Waals surface area contributed by atoms with Crippen LogP contribution in [0.4, 0.5) is 4.79 Å². The number of amides is 2. The highest BCUT2D eigenvalue weighted by atomic mass is 16.6. The van der Waals surface area contributed by atoms with Crippen molar-refractivity contribution in [1.29, 1.82) is 0 Å². The second-order valence-electron chi connectivity index (χ2n) is 12.7. The fourth-order valence-corrected chi connectivity index (χ4v) is 5.17. The van der Waals surface area contributed by atoms with Crippen molar-refractivity contribution in [3.05, 3.63) is 82.9 Å². The van der Waals surface area contributed by atoms with Gasteiger partial charge in [0.1, 0.15) is 35.8 Å². The van der Waals surface area contributed by atoms with E-state index < -0.39 is 47.6 Å². The van der Waals surface area contributed by atoms with Crippen LogP contribution in [0.5, 0.6) is 11.5 Å². The topological polar surface area (TPSA) is 173 Å². The van der Waals surface area contributed by atoms with Crippen molar-refractivity contribution in [2.24, 2.45) is 0 Å². The molecule has 0 aliphatic carbocycles. The second-order valence-corrected chi connectivity index (χ2v) is 12.7. The summed E-state index contributed by atoms with van der Waals surface area (Å²) in [6.07, 6.45) is -0.977. The minimum Gasteiger partial charge on any atom is -0.495 e. The summed E-state index contributed by atoms with van der Waals surface area (Å²) >= 11 is 0. The van der Waals surface area contributed by atoms with Crippen molar-refractivity contribution in [3.63, 3.8) is 0 Å². The van der Waals surface area contributed by atoms with Gasteiger partial charge in [-0.05, 0) is 68.7 Å². The van der Waals surface area contributed by atoms with E-state index in [1.807, 2.05) is 18.2 Å². The van der Waals surface area contributed by atoms with E-state index >= 15 is 0 Å². The van der Waals surface area contributed by atoms with Crippen molar-refractivity contribution < 1.29 is 52.5 Å². The summed E-state index contributed by atoms with van der Waals surface area (Å²) in [4.78, 5) is 75.8. The predicted molar refractivity (Wildman–Crippen MR) is 186 cm³/mol. The summed E-state index contributed by atoms with van der Waals surface area (Å²) < 4.78 is 27.0. The lowest BCUT2D eigenvalue weighted by Gasteiger charge is -2.23. The van der Waals surface area contributed by atoms with Crippen LogP contribution in [0.3, 0.4) is 0 Å². The Morgan fingerprint density at radius 3 is 1.92 bits per heavy atom. The molecule has 272 valence electrons. The molecule has 0 heterocycles. The molecule has 0 radical (unpaired) electrons. The van der Waals surface area contributed by atoms with E-state index in [1.165, 1.54) is 47.1 Å². The average Bonchev–Trinajstić information content (AvgIpc) is 3.05. The van der Waals surface area contributed by atoms with Gasteiger partial charge in [-0.25, -0.2) is 14.4 Å². The van der Waals surface area contributed by atoms with E-state index in [0.29, 0.717) is 22.3 Å². The molecule has 13 nitrogen and oxygen atoms in total. The molecule has 0 fully saturated rings. The molecule has 0 aliphatic rings. The molecule has 0 spiro atoms. The zero-order chi connectivity index (χ0) is 37.9. The van der Waals surface area contributed by atoms with Gasteiger partial charge in [-0.15, -0.1) is 0 Å². The average molecular weight is 705 g/mol. The Kier molecular flexibility index (Phi) is 13.9. The Morgan fingerprint density at radius 2 is 1.35 bits per heavy atom. The molecule has 2 amide bonds. The van der Waals surface area contributed by atoms with E-state index in [-0.39, 0.29) is 42.3 Å². The van der Waals surface area contributed by atoms with Gasteiger partial charge in [0.25, 0.3) is 0 Å². The van der Waals surface area contributed by atoms with Crippen molar-refractivity contribution in [1.82, 2.24) is 10.6 Å². The molecule has 3 rings (SSSR count). The van der Waals surface area contributed by atoms with Crippen molar-refractivity contribution in [2.45, 2.75) is 78.7 Å². The predicted octanol–water partition coefficient (Wildman–Crippen LogP) is 4.89. The molecule has 2 N–H and O–H groups in total. The summed E-state index contributed by atoms with van der Waals surface area (Å²) in [7, 11) is 2.55. The number of ketones is 1. The van der Waals surface area contributed by atoms with E-state index in [1.54, 1.807) is 51.1 Å². The van der Waals surface area contributed by atoms with Crippen molar-refractivity contribution in [3.8, 4) is 22.6 Å². The van der Waals surface area contributed by atoms with Gasteiger partial charge in [-0.3, -0.25) is 14.4 Å². The Hall–Kier alpha value is -5.72. The van der Waals surface area contributed by atoms with E-state index in [0.717, 1.165) is 5.56 Å². The number of alkyl carbamates (subject to hydrolysis) is 1. The number of benzene rings is 3. The lowest BCUT2D eigenvalue weighted by Crippen LogP contribution is -2.45. The molecule has 3 aromatic rings. The van der Waals surface area contributed by atoms with E-state index in [4.69, 9.17) is 23.7 Å². The maximum absolute atomic E-state index is 13.2. The van der Waals surface area contributed by atoms with E-state index in [2.05, 4.69) is 10.6 Å². The number of methoxy groups -OCH3 is 2. The number of hydrogen-bond acceptors (Lipinski definition) is 11. The maximum atomic E-state index is 13.2.